The van der Waals surface area contributed by atoms with Crippen LogP contribution >= 0.6 is 0 Å². The smallest absolute Gasteiger partial charge is 0.326 e. The van der Waals surface area contributed by atoms with Gasteiger partial charge in [-0.1, -0.05) is 18.0 Å². The van der Waals surface area contributed by atoms with Gasteiger partial charge in [0, 0.05) is 12.6 Å². The summed E-state index contributed by atoms with van der Waals surface area (Å²) in [6.45, 7) is 0.461. The monoisotopic (exact) mass is 238 g/mol. The second-order valence-electron chi connectivity index (χ2n) is 4.09. The van der Waals surface area contributed by atoms with Gasteiger partial charge in [0.15, 0.2) is 5.69 Å². The quantitative estimate of drug-likeness (QED) is 0.835. The second kappa shape index (κ2) is 4.99. The van der Waals surface area contributed by atoms with Gasteiger partial charge in [-0.2, -0.15) is 0 Å². The minimum absolute atomic E-state index is 0.165. The van der Waals surface area contributed by atoms with E-state index in [-0.39, 0.29) is 11.6 Å². The van der Waals surface area contributed by atoms with Gasteiger partial charge in [-0.3, -0.25) is 4.79 Å². The number of rotatable bonds is 2. The molecule has 1 aromatic heterocycles. The van der Waals surface area contributed by atoms with E-state index in [1.54, 1.807) is 0 Å². The van der Waals surface area contributed by atoms with Crippen molar-refractivity contribution in [1.82, 2.24) is 10.1 Å². The summed E-state index contributed by atoms with van der Waals surface area (Å²) in [7, 11) is 0. The number of carbonyl (C=O) groups excluding carboxylic acids is 1. The number of carboxylic acids is 1. The van der Waals surface area contributed by atoms with Gasteiger partial charge < -0.3 is 14.5 Å². The van der Waals surface area contributed by atoms with Crippen molar-refractivity contribution in [1.29, 1.82) is 0 Å². The fourth-order valence-electron chi connectivity index (χ4n) is 2.08. The maximum absolute atomic E-state index is 12.1. The number of amides is 1. The van der Waals surface area contributed by atoms with Crippen molar-refractivity contribution in [2.75, 3.05) is 6.54 Å². The molecule has 0 bridgehead atoms. The lowest BCUT2D eigenvalue weighted by molar-refractivity contribution is -0.142. The van der Waals surface area contributed by atoms with Crippen LogP contribution in [-0.2, 0) is 4.79 Å². The number of hydrogen-bond donors (Lipinski definition) is 1. The third kappa shape index (κ3) is 2.46. The zero-order valence-electron chi connectivity index (χ0n) is 9.33. The Hall–Kier alpha value is -1.85. The molecule has 2 heterocycles. The number of carboxylic acid groups (broad SMARTS) is 1. The van der Waals surface area contributed by atoms with E-state index in [1.807, 2.05) is 0 Å². The summed E-state index contributed by atoms with van der Waals surface area (Å²) in [5.74, 6) is -1.32. The predicted molar refractivity (Wildman–Crippen MR) is 57.4 cm³/mol. The van der Waals surface area contributed by atoms with Crippen LogP contribution in [0.3, 0.4) is 0 Å². The Labute approximate surface area is 98.2 Å². The van der Waals surface area contributed by atoms with Gasteiger partial charge in [-0.15, -0.1) is 0 Å². The first kappa shape index (κ1) is 11.6. The molecule has 0 saturated carbocycles. The van der Waals surface area contributed by atoms with E-state index in [1.165, 1.54) is 17.2 Å². The lowest BCUT2D eigenvalue weighted by Gasteiger charge is -2.25. The van der Waals surface area contributed by atoms with Crippen LogP contribution in [0.5, 0.6) is 0 Å². The molecule has 2 rings (SSSR count). The lowest BCUT2D eigenvalue weighted by atomic mass is 10.1. The number of nitrogens with zero attached hydrogens (tertiary/aromatic N) is 2. The molecule has 0 aromatic carbocycles. The van der Waals surface area contributed by atoms with E-state index >= 15 is 0 Å². The molecule has 17 heavy (non-hydrogen) atoms. The Morgan fingerprint density at radius 2 is 2.24 bits per heavy atom. The van der Waals surface area contributed by atoms with Crippen LogP contribution in [0.2, 0.25) is 0 Å². The first-order valence-electron chi connectivity index (χ1n) is 5.64. The number of aliphatic carboxylic acids is 1. The van der Waals surface area contributed by atoms with Crippen LogP contribution < -0.4 is 0 Å². The zero-order chi connectivity index (χ0) is 12.3. The van der Waals surface area contributed by atoms with Crippen LogP contribution in [0.1, 0.15) is 36.2 Å². The third-order valence-electron chi connectivity index (χ3n) is 2.96. The van der Waals surface area contributed by atoms with E-state index in [4.69, 9.17) is 5.11 Å². The number of carbonyl (C=O) groups is 2. The minimum Gasteiger partial charge on any atom is -0.480 e. The second-order valence-corrected chi connectivity index (χ2v) is 4.09. The molecule has 92 valence electrons. The molecule has 1 saturated heterocycles. The Morgan fingerprint density at radius 3 is 2.88 bits per heavy atom. The van der Waals surface area contributed by atoms with E-state index in [2.05, 4.69) is 9.68 Å². The number of hydrogen-bond acceptors (Lipinski definition) is 4. The van der Waals surface area contributed by atoms with Gasteiger partial charge in [-0.05, 0) is 12.8 Å². The average molecular weight is 238 g/mol. The lowest BCUT2D eigenvalue weighted by Crippen LogP contribution is -2.44. The molecule has 1 unspecified atom stereocenters. The predicted octanol–water partition coefficient (Wildman–Crippen LogP) is 1.14. The zero-order valence-corrected chi connectivity index (χ0v) is 9.33. The van der Waals surface area contributed by atoms with Crippen molar-refractivity contribution in [3.05, 3.63) is 18.0 Å². The molecular weight excluding hydrogens is 224 g/mol. The highest BCUT2D eigenvalue weighted by molar-refractivity contribution is 5.94. The third-order valence-corrected chi connectivity index (χ3v) is 2.96. The van der Waals surface area contributed by atoms with Crippen LogP contribution in [0, 0.1) is 0 Å². The molecule has 1 amide bonds. The van der Waals surface area contributed by atoms with Crippen molar-refractivity contribution < 1.29 is 19.2 Å². The summed E-state index contributed by atoms with van der Waals surface area (Å²) < 4.78 is 4.61. The largest absolute Gasteiger partial charge is 0.480 e. The van der Waals surface area contributed by atoms with Gasteiger partial charge >= 0.3 is 5.97 Å². The van der Waals surface area contributed by atoms with Gasteiger partial charge in [0.2, 0.25) is 0 Å². The minimum atomic E-state index is -0.955. The van der Waals surface area contributed by atoms with Gasteiger partial charge in [0.1, 0.15) is 12.3 Å². The van der Waals surface area contributed by atoms with E-state index in [0.29, 0.717) is 13.0 Å². The molecule has 0 spiro atoms. The average Bonchev–Trinajstić information content (AvgIpc) is 2.71. The topological polar surface area (TPSA) is 83.6 Å². The maximum atomic E-state index is 12.1. The van der Waals surface area contributed by atoms with Gasteiger partial charge in [0.25, 0.3) is 5.91 Å². The van der Waals surface area contributed by atoms with Crippen molar-refractivity contribution in [3.8, 4) is 0 Å². The fourth-order valence-corrected chi connectivity index (χ4v) is 2.08. The molecule has 6 nitrogen and oxygen atoms in total. The van der Waals surface area contributed by atoms with Gasteiger partial charge in [0.05, 0.1) is 0 Å². The summed E-state index contributed by atoms with van der Waals surface area (Å²) in [5.41, 5.74) is 0.165. The molecular formula is C11H14N2O4. The van der Waals surface area contributed by atoms with Crippen molar-refractivity contribution in [2.24, 2.45) is 0 Å². The number of likely N-dealkylation sites (tertiary alicyclic amines) is 1. The van der Waals surface area contributed by atoms with E-state index in [0.717, 1.165) is 19.3 Å². The first-order valence-corrected chi connectivity index (χ1v) is 5.64. The van der Waals surface area contributed by atoms with Crippen molar-refractivity contribution >= 4 is 11.9 Å². The Kier molecular flexibility index (Phi) is 3.41. The Morgan fingerprint density at radius 1 is 1.41 bits per heavy atom. The summed E-state index contributed by atoms with van der Waals surface area (Å²) in [6, 6.07) is 0.702. The van der Waals surface area contributed by atoms with Crippen LogP contribution in [0.25, 0.3) is 0 Å². The molecule has 6 heteroatoms. The molecule has 1 aliphatic heterocycles. The SMILES string of the molecule is O=C(O)C1CCCCCN1C(=O)c1ccon1. The highest BCUT2D eigenvalue weighted by Crippen LogP contribution is 2.19. The van der Waals surface area contributed by atoms with Crippen molar-refractivity contribution in [2.45, 2.75) is 31.7 Å². The standard InChI is InChI=1S/C11H14N2O4/c14-10(8-5-7-17-12-8)13-6-3-1-2-4-9(13)11(15)16/h5,7,9H,1-4,6H2,(H,15,16). The molecule has 0 radical (unpaired) electrons. The summed E-state index contributed by atoms with van der Waals surface area (Å²) in [4.78, 5) is 24.6. The van der Waals surface area contributed by atoms with E-state index in [9.17, 15) is 9.59 Å². The summed E-state index contributed by atoms with van der Waals surface area (Å²) >= 11 is 0. The summed E-state index contributed by atoms with van der Waals surface area (Å²) in [5, 5.41) is 12.7. The highest BCUT2D eigenvalue weighted by Gasteiger charge is 2.32. The normalized spacial score (nSPS) is 20.9. The summed E-state index contributed by atoms with van der Waals surface area (Å²) in [6.07, 6.45) is 4.42. The molecule has 1 fully saturated rings. The molecule has 0 aliphatic carbocycles. The molecule has 1 N–H and O–H groups in total. The van der Waals surface area contributed by atoms with E-state index < -0.39 is 12.0 Å². The maximum Gasteiger partial charge on any atom is 0.326 e. The van der Waals surface area contributed by atoms with Crippen LogP contribution in [0.15, 0.2) is 16.9 Å². The van der Waals surface area contributed by atoms with Crippen LogP contribution in [-0.4, -0.2) is 39.6 Å². The first-order chi connectivity index (χ1) is 8.20. The Balaban J connectivity index is 2.20. The molecule has 1 aromatic rings. The Bertz CT molecular complexity index is 402. The fraction of sp³-hybridized carbons (Fsp3) is 0.545. The molecule has 1 atom stereocenters. The highest BCUT2D eigenvalue weighted by atomic mass is 16.5. The molecule has 1 aliphatic rings. The van der Waals surface area contributed by atoms with Gasteiger partial charge in [-0.25, -0.2) is 4.79 Å². The van der Waals surface area contributed by atoms with Crippen LogP contribution in [0.4, 0.5) is 0 Å². The van der Waals surface area contributed by atoms with Crippen molar-refractivity contribution in [3.63, 3.8) is 0 Å². The number of aromatic nitrogens is 1.